The Morgan fingerprint density at radius 1 is 1.04 bits per heavy atom. The molecule has 0 aromatic heterocycles. The molecule has 6 nitrogen and oxygen atoms in total. The Morgan fingerprint density at radius 2 is 1.64 bits per heavy atom. The first-order valence-corrected chi connectivity index (χ1v) is 9.10. The number of hydrogen-bond acceptors (Lipinski definition) is 5. The van der Waals surface area contributed by atoms with Crippen LogP contribution in [-0.2, 0) is 14.4 Å². The van der Waals surface area contributed by atoms with Crippen molar-refractivity contribution < 1.29 is 19.2 Å². The molecule has 0 aliphatic carbocycles. The van der Waals surface area contributed by atoms with Crippen LogP contribution in [0.15, 0.2) is 35.2 Å². The summed E-state index contributed by atoms with van der Waals surface area (Å²) in [6, 6.07) is 8.85. The number of rotatable bonds is 6. The molecule has 1 aromatic rings. The van der Waals surface area contributed by atoms with E-state index in [0.29, 0.717) is 5.75 Å². The number of benzene rings is 1. The number of carbonyl (C=O) groups is 2. The van der Waals surface area contributed by atoms with E-state index in [1.165, 1.54) is 11.8 Å². The average Bonchev–Trinajstić information content (AvgIpc) is 2.47. The highest BCUT2D eigenvalue weighted by molar-refractivity contribution is 7.99. The van der Waals surface area contributed by atoms with Gasteiger partial charge in [0.15, 0.2) is 0 Å². The minimum Gasteiger partial charge on any atom is -0.444 e. The maximum absolute atomic E-state index is 12.4. The highest BCUT2D eigenvalue weighted by Crippen LogP contribution is 2.18. The van der Waals surface area contributed by atoms with E-state index < -0.39 is 29.2 Å². The Bertz CT molecular complexity index is 565. The van der Waals surface area contributed by atoms with Gasteiger partial charge in [0.05, 0.1) is 5.60 Å². The van der Waals surface area contributed by atoms with Crippen molar-refractivity contribution in [3.8, 4) is 0 Å². The van der Waals surface area contributed by atoms with Crippen LogP contribution in [-0.4, -0.2) is 35.0 Å². The van der Waals surface area contributed by atoms with Gasteiger partial charge in [-0.15, -0.1) is 11.8 Å². The number of hydrogen-bond donors (Lipinski definition) is 2. The van der Waals surface area contributed by atoms with Crippen LogP contribution >= 0.6 is 11.8 Å². The number of hydroxylamine groups is 1. The second-order valence-corrected chi connectivity index (χ2v) is 8.60. The average molecular weight is 368 g/mol. The molecular weight excluding hydrogens is 340 g/mol. The molecule has 7 heteroatoms. The Labute approximate surface area is 154 Å². The molecule has 1 rings (SSSR count). The highest BCUT2D eigenvalue weighted by atomic mass is 32.2. The first-order chi connectivity index (χ1) is 11.5. The molecule has 25 heavy (non-hydrogen) atoms. The first-order valence-electron chi connectivity index (χ1n) is 8.11. The lowest BCUT2D eigenvalue weighted by Gasteiger charge is -2.25. The van der Waals surface area contributed by atoms with Crippen molar-refractivity contribution in [2.75, 3.05) is 5.75 Å². The summed E-state index contributed by atoms with van der Waals surface area (Å²) in [7, 11) is 0. The van der Waals surface area contributed by atoms with Crippen molar-refractivity contribution in [2.24, 2.45) is 0 Å². The summed E-state index contributed by atoms with van der Waals surface area (Å²) in [4.78, 5) is 30.7. The molecule has 0 aliphatic heterocycles. The number of ether oxygens (including phenoxy) is 1. The maximum atomic E-state index is 12.4. The van der Waals surface area contributed by atoms with Gasteiger partial charge < -0.3 is 10.1 Å². The minimum atomic E-state index is -0.789. The van der Waals surface area contributed by atoms with Crippen LogP contribution < -0.4 is 10.8 Å². The third-order valence-electron chi connectivity index (χ3n) is 2.63. The molecule has 0 radical (unpaired) electrons. The van der Waals surface area contributed by atoms with E-state index in [4.69, 9.17) is 9.57 Å². The number of amides is 2. The van der Waals surface area contributed by atoms with Crippen LogP contribution in [0.1, 0.15) is 41.5 Å². The van der Waals surface area contributed by atoms with E-state index >= 15 is 0 Å². The topological polar surface area (TPSA) is 76.7 Å². The fraction of sp³-hybridized carbons (Fsp3) is 0.556. The molecule has 0 saturated carbocycles. The van der Waals surface area contributed by atoms with E-state index in [1.54, 1.807) is 20.8 Å². The Kier molecular flexibility index (Phi) is 7.76. The Balaban J connectivity index is 2.71. The van der Waals surface area contributed by atoms with Crippen LogP contribution in [0.25, 0.3) is 0 Å². The lowest BCUT2D eigenvalue weighted by Crippen LogP contribution is -2.50. The van der Waals surface area contributed by atoms with E-state index in [9.17, 15) is 9.59 Å². The first kappa shape index (κ1) is 21.3. The van der Waals surface area contributed by atoms with Crippen LogP contribution in [0.2, 0.25) is 0 Å². The van der Waals surface area contributed by atoms with Crippen molar-refractivity contribution in [2.45, 2.75) is 63.7 Å². The smallest absolute Gasteiger partial charge is 0.408 e. The molecule has 0 unspecified atom stereocenters. The SMILES string of the molecule is CC(C)(C)ONC(=O)[C@H](CSc1ccccc1)NC(=O)OC(C)(C)C. The van der Waals surface area contributed by atoms with Crippen molar-refractivity contribution in [3.05, 3.63) is 30.3 Å². The number of thioether (sulfide) groups is 1. The summed E-state index contributed by atoms with van der Waals surface area (Å²) in [5, 5.41) is 2.61. The van der Waals surface area contributed by atoms with Gasteiger partial charge in [-0.05, 0) is 53.7 Å². The third kappa shape index (κ3) is 9.99. The number of carbonyl (C=O) groups excluding carboxylic acids is 2. The van der Waals surface area contributed by atoms with Crippen molar-refractivity contribution in [1.29, 1.82) is 0 Å². The van der Waals surface area contributed by atoms with E-state index in [1.807, 2.05) is 51.1 Å². The van der Waals surface area contributed by atoms with Gasteiger partial charge in [-0.1, -0.05) is 18.2 Å². The van der Waals surface area contributed by atoms with Gasteiger partial charge in [0.25, 0.3) is 5.91 Å². The summed E-state index contributed by atoms with van der Waals surface area (Å²) >= 11 is 1.46. The largest absolute Gasteiger partial charge is 0.444 e. The van der Waals surface area contributed by atoms with Gasteiger partial charge in [-0.3, -0.25) is 9.63 Å². The monoisotopic (exact) mass is 368 g/mol. The molecule has 1 aromatic carbocycles. The molecule has 0 saturated heterocycles. The molecule has 0 spiro atoms. The van der Waals surface area contributed by atoms with Crippen LogP contribution in [0.4, 0.5) is 4.79 Å². The molecule has 2 N–H and O–H groups in total. The quantitative estimate of drug-likeness (QED) is 0.593. The standard InChI is InChI=1S/C18H28N2O4S/c1-17(2,3)23-16(22)19-14(15(21)20-24-18(4,5)6)12-25-13-10-8-7-9-11-13/h7-11,14H,12H2,1-6H3,(H,19,22)(H,20,21)/t14-/m0/s1. The number of nitrogens with one attached hydrogen (secondary N) is 2. The predicted octanol–water partition coefficient (Wildman–Crippen LogP) is 3.52. The summed E-state index contributed by atoms with van der Waals surface area (Å²) in [6.07, 6.45) is -0.642. The minimum absolute atomic E-state index is 0.350. The molecular formula is C18H28N2O4S. The van der Waals surface area contributed by atoms with Crippen molar-refractivity contribution in [1.82, 2.24) is 10.8 Å². The lowest BCUT2D eigenvalue weighted by molar-refractivity contribution is -0.147. The van der Waals surface area contributed by atoms with Gasteiger partial charge in [0, 0.05) is 10.6 Å². The highest BCUT2D eigenvalue weighted by Gasteiger charge is 2.26. The molecule has 0 fully saturated rings. The molecule has 0 bridgehead atoms. The third-order valence-corrected chi connectivity index (χ3v) is 3.73. The van der Waals surface area contributed by atoms with Gasteiger partial charge >= 0.3 is 6.09 Å². The summed E-state index contributed by atoms with van der Waals surface area (Å²) in [5.74, 6) is -0.0769. The van der Waals surface area contributed by atoms with Crippen molar-refractivity contribution in [3.63, 3.8) is 0 Å². The second kappa shape index (κ2) is 9.10. The lowest BCUT2D eigenvalue weighted by atomic mass is 10.2. The fourth-order valence-corrected chi connectivity index (χ4v) is 2.55. The summed E-state index contributed by atoms with van der Waals surface area (Å²) in [5.41, 5.74) is 1.24. The van der Waals surface area contributed by atoms with Gasteiger partial charge in [0.2, 0.25) is 0 Å². The zero-order valence-corrected chi connectivity index (χ0v) is 16.5. The van der Waals surface area contributed by atoms with E-state index in [2.05, 4.69) is 10.8 Å². The van der Waals surface area contributed by atoms with E-state index in [-0.39, 0.29) is 0 Å². The van der Waals surface area contributed by atoms with E-state index in [0.717, 1.165) is 4.90 Å². The number of alkyl carbamates (subject to hydrolysis) is 1. The zero-order valence-electron chi connectivity index (χ0n) is 15.7. The van der Waals surface area contributed by atoms with Gasteiger partial charge in [-0.2, -0.15) is 0 Å². The molecule has 0 aliphatic rings. The second-order valence-electron chi connectivity index (χ2n) is 7.50. The maximum Gasteiger partial charge on any atom is 0.408 e. The summed E-state index contributed by atoms with van der Waals surface area (Å²) < 4.78 is 5.24. The van der Waals surface area contributed by atoms with Gasteiger partial charge in [-0.25, -0.2) is 10.3 Å². The van der Waals surface area contributed by atoms with Crippen LogP contribution in [0.3, 0.4) is 0 Å². The molecule has 140 valence electrons. The molecule has 0 heterocycles. The molecule has 2 amide bonds. The zero-order chi connectivity index (χ0) is 19.1. The van der Waals surface area contributed by atoms with Crippen molar-refractivity contribution >= 4 is 23.8 Å². The van der Waals surface area contributed by atoms with Crippen LogP contribution in [0.5, 0.6) is 0 Å². The van der Waals surface area contributed by atoms with Crippen LogP contribution in [0, 0.1) is 0 Å². The normalized spacial score (nSPS) is 13.0. The summed E-state index contributed by atoms with van der Waals surface area (Å²) in [6.45, 7) is 10.8. The Morgan fingerprint density at radius 3 is 2.16 bits per heavy atom. The Hall–Kier alpha value is -1.73. The predicted molar refractivity (Wildman–Crippen MR) is 99.3 cm³/mol. The van der Waals surface area contributed by atoms with Gasteiger partial charge in [0.1, 0.15) is 11.6 Å². The molecule has 1 atom stereocenters. The fourth-order valence-electron chi connectivity index (χ4n) is 1.60.